The number of carboxylic acid groups (broad SMARTS) is 1. The first kappa shape index (κ1) is 22.1. The SMILES string of the molecule is C[C@H](Oc1nc(C(=O)O)cc(N2CCN(C(=O)OC(C)(C)C)CC2)n1)[C@@H]1CCCN1. The molecule has 2 saturated heterocycles. The monoisotopic (exact) mass is 421 g/mol. The summed E-state index contributed by atoms with van der Waals surface area (Å²) in [5.41, 5.74) is -0.662. The van der Waals surface area contributed by atoms with Crippen molar-refractivity contribution in [1.82, 2.24) is 20.2 Å². The molecule has 1 aromatic heterocycles. The first-order valence-corrected chi connectivity index (χ1v) is 10.4. The molecule has 0 radical (unpaired) electrons. The second kappa shape index (κ2) is 9.03. The van der Waals surface area contributed by atoms with Crippen molar-refractivity contribution in [2.24, 2.45) is 0 Å². The zero-order valence-electron chi connectivity index (χ0n) is 18.1. The van der Waals surface area contributed by atoms with Crippen LogP contribution in [0.2, 0.25) is 0 Å². The number of piperazine rings is 1. The number of amides is 1. The van der Waals surface area contributed by atoms with Crippen molar-refractivity contribution in [3.8, 4) is 6.01 Å². The minimum Gasteiger partial charge on any atom is -0.477 e. The number of carbonyl (C=O) groups excluding carboxylic acids is 1. The average Bonchev–Trinajstić information content (AvgIpc) is 3.21. The summed E-state index contributed by atoms with van der Waals surface area (Å²) >= 11 is 0. The molecule has 0 saturated carbocycles. The minimum atomic E-state index is -1.14. The maximum absolute atomic E-state index is 12.3. The number of rotatable bonds is 5. The Hall–Kier alpha value is -2.62. The van der Waals surface area contributed by atoms with Gasteiger partial charge in [0.05, 0.1) is 0 Å². The van der Waals surface area contributed by atoms with E-state index in [9.17, 15) is 14.7 Å². The van der Waals surface area contributed by atoms with Crippen LogP contribution in [0.1, 0.15) is 51.0 Å². The molecule has 0 spiro atoms. The van der Waals surface area contributed by atoms with Crippen LogP contribution in [0.25, 0.3) is 0 Å². The van der Waals surface area contributed by atoms with Gasteiger partial charge in [0.2, 0.25) is 0 Å². The van der Waals surface area contributed by atoms with Gasteiger partial charge in [0.25, 0.3) is 0 Å². The topological polar surface area (TPSA) is 117 Å². The fourth-order valence-electron chi connectivity index (χ4n) is 3.54. The number of carboxylic acids is 1. The number of carbonyl (C=O) groups is 2. The summed E-state index contributed by atoms with van der Waals surface area (Å²) in [6, 6.07) is 1.69. The molecule has 0 aliphatic carbocycles. The third-order valence-corrected chi connectivity index (χ3v) is 5.12. The molecule has 2 aliphatic heterocycles. The van der Waals surface area contributed by atoms with Gasteiger partial charge in [-0.2, -0.15) is 9.97 Å². The molecular weight excluding hydrogens is 390 g/mol. The standard InChI is InChI=1S/C20H31N5O5/c1-13(14-6-5-7-21-14)29-18-22-15(17(26)27)12-16(23-18)24-8-10-25(11-9-24)19(28)30-20(2,3)4/h12-14,21H,5-11H2,1-4H3,(H,26,27)/t13-,14-/m0/s1. The number of ether oxygens (including phenoxy) is 2. The predicted molar refractivity (Wildman–Crippen MR) is 110 cm³/mol. The van der Waals surface area contributed by atoms with Crippen LogP contribution in [-0.4, -0.2) is 82.5 Å². The molecule has 2 N–H and O–H groups in total. The summed E-state index contributed by atoms with van der Waals surface area (Å²) in [5, 5.41) is 12.8. The molecule has 2 aliphatic rings. The first-order valence-electron chi connectivity index (χ1n) is 10.4. The molecule has 2 atom stereocenters. The largest absolute Gasteiger partial charge is 0.477 e. The van der Waals surface area contributed by atoms with Gasteiger partial charge in [-0.25, -0.2) is 9.59 Å². The van der Waals surface area contributed by atoms with E-state index in [1.807, 2.05) is 32.6 Å². The second-order valence-electron chi connectivity index (χ2n) is 8.68. The number of aromatic nitrogens is 2. The van der Waals surface area contributed by atoms with Gasteiger partial charge in [-0.3, -0.25) is 0 Å². The third-order valence-electron chi connectivity index (χ3n) is 5.12. The van der Waals surface area contributed by atoms with Crippen LogP contribution in [0.3, 0.4) is 0 Å². The van der Waals surface area contributed by atoms with Crippen molar-refractivity contribution >= 4 is 17.9 Å². The Morgan fingerprint density at radius 3 is 2.50 bits per heavy atom. The highest BCUT2D eigenvalue weighted by Crippen LogP contribution is 2.21. The van der Waals surface area contributed by atoms with Crippen molar-refractivity contribution in [2.75, 3.05) is 37.6 Å². The highest BCUT2D eigenvalue weighted by Gasteiger charge is 2.28. The van der Waals surface area contributed by atoms with Gasteiger partial charge in [-0.05, 0) is 47.1 Å². The van der Waals surface area contributed by atoms with E-state index in [1.165, 1.54) is 6.07 Å². The lowest BCUT2D eigenvalue weighted by Gasteiger charge is -2.36. The van der Waals surface area contributed by atoms with Gasteiger partial charge in [0, 0.05) is 38.3 Å². The molecule has 3 rings (SSSR count). The van der Waals surface area contributed by atoms with Gasteiger partial charge in [0.1, 0.15) is 17.5 Å². The lowest BCUT2D eigenvalue weighted by atomic mass is 10.1. The zero-order chi connectivity index (χ0) is 21.9. The average molecular weight is 421 g/mol. The summed E-state index contributed by atoms with van der Waals surface area (Å²) in [5.74, 6) is -0.657. The summed E-state index contributed by atoms with van der Waals surface area (Å²) in [7, 11) is 0. The summed E-state index contributed by atoms with van der Waals surface area (Å²) in [6.07, 6.45) is 1.56. The van der Waals surface area contributed by atoms with Crippen LogP contribution >= 0.6 is 0 Å². The van der Waals surface area contributed by atoms with Crippen LogP contribution in [0.4, 0.5) is 10.6 Å². The number of nitrogens with zero attached hydrogens (tertiary/aromatic N) is 4. The number of anilines is 1. The molecule has 0 bridgehead atoms. The highest BCUT2D eigenvalue weighted by molar-refractivity contribution is 5.86. The highest BCUT2D eigenvalue weighted by atomic mass is 16.6. The molecule has 2 fully saturated rings. The smallest absolute Gasteiger partial charge is 0.410 e. The Morgan fingerprint density at radius 2 is 1.93 bits per heavy atom. The second-order valence-corrected chi connectivity index (χ2v) is 8.68. The van der Waals surface area contributed by atoms with E-state index < -0.39 is 11.6 Å². The molecule has 166 valence electrons. The van der Waals surface area contributed by atoms with Gasteiger partial charge in [-0.15, -0.1) is 0 Å². The van der Waals surface area contributed by atoms with Crippen LogP contribution in [0.15, 0.2) is 6.07 Å². The Kier molecular flexibility index (Phi) is 6.64. The number of hydrogen-bond acceptors (Lipinski definition) is 8. The van der Waals surface area contributed by atoms with Gasteiger partial charge >= 0.3 is 18.1 Å². The first-order chi connectivity index (χ1) is 14.1. The van der Waals surface area contributed by atoms with Crippen LogP contribution in [0.5, 0.6) is 6.01 Å². The maximum Gasteiger partial charge on any atom is 0.410 e. The molecule has 0 unspecified atom stereocenters. The van der Waals surface area contributed by atoms with E-state index in [1.54, 1.807) is 4.90 Å². The Labute approximate surface area is 176 Å². The number of aromatic carboxylic acids is 1. The van der Waals surface area contributed by atoms with Gasteiger partial charge < -0.3 is 29.7 Å². The molecule has 10 heteroatoms. The van der Waals surface area contributed by atoms with Crippen molar-refractivity contribution in [2.45, 2.75) is 58.3 Å². The molecule has 1 amide bonds. The summed E-state index contributed by atoms with van der Waals surface area (Å²) in [4.78, 5) is 35.9. The van der Waals surface area contributed by atoms with E-state index >= 15 is 0 Å². The van der Waals surface area contributed by atoms with E-state index in [0.29, 0.717) is 32.0 Å². The molecular formula is C20H31N5O5. The number of hydrogen-bond donors (Lipinski definition) is 2. The molecule has 1 aromatic rings. The predicted octanol–water partition coefficient (Wildman–Crippen LogP) is 1.75. The number of nitrogens with one attached hydrogen (secondary N) is 1. The van der Waals surface area contributed by atoms with Crippen molar-refractivity contribution < 1.29 is 24.2 Å². The lowest BCUT2D eigenvalue weighted by molar-refractivity contribution is 0.0240. The fraction of sp³-hybridized carbons (Fsp3) is 0.700. The Morgan fingerprint density at radius 1 is 1.23 bits per heavy atom. The van der Waals surface area contributed by atoms with Crippen LogP contribution in [-0.2, 0) is 4.74 Å². The normalized spacial score (nSPS) is 20.7. The van der Waals surface area contributed by atoms with Gasteiger partial charge in [-0.1, -0.05) is 0 Å². The minimum absolute atomic E-state index is 0.0562. The van der Waals surface area contributed by atoms with Crippen molar-refractivity contribution in [3.05, 3.63) is 11.8 Å². The summed E-state index contributed by atoms with van der Waals surface area (Å²) in [6.45, 7) is 10.3. The van der Waals surface area contributed by atoms with E-state index in [0.717, 1.165) is 19.4 Å². The van der Waals surface area contributed by atoms with Crippen molar-refractivity contribution in [1.29, 1.82) is 0 Å². The van der Waals surface area contributed by atoms with Crippen molar-refractivity contribution in [3.63, 3.8) is 0 Å². The van der Waals surface area contributed by atoms with Crippen LogP contribution < -0.4 is 15.0 Å². The van der Waals surface area contributed by atoms with Gasteiger partial charge in [0.15, 0.2) is 5.69 Å². The quantitative estimate of drug-likeness (QED) is 0.733. The molecule has 0 aromatic carbocycles. The van der Waals surface area contributed by atoms with E-state index in [-0.39, 0.29) is 29.9 Å². The fourth-order valence-corrected chi connectivity index (χ4v) is 3.54. The summed E-state index contributed by atoms with van der Waals surface area (Å²) < 4.78 is 11.3. The van der Waals surface area contributed by atoms with E-state index in [2.05, 4.69) is 15.3 Å². The zero-order valence-corrected chi connectivity index (χ0v) is 18.1. The van der Waals surface area contributed by atoms with E-state index in [4.69, 9.17) is 9.47 Å². The third kappa shape index (κ3) is 5.71. The maximum atomic E-state index is 12.3. The molecule has 10 nitrogen and oxygen atoms in total. The van der Waals surface area contributed by atoms with Crippen LogP contribution in [0, 0.1) is 0 Å². The lowest BCUT2D eigenvalue weighted by Crippen LogP contribution is -2.50. The Balaban J connectivity index is 1.68. The molecule has 3 heterocycles. The Bertz CT molecular complexity index is 767. The molecule has 30 heavy (non-hydrogen) atoms.